The molecule has 0 aliphatic heterocycles. The molecule has 3 rings (SSSR count). The molecule has 0 spiro atoms. The summed E-state index contributed by atoms with van der Waals surface area (Å²) in [7, 11) is 0. The molecule has 0 bridgehead atoms. The molecule has 2 atom stereocenters. The maximum absolute atomic E-state index is 13.0. The second kappa shape index (κ2) is 8.87. The number of ketones is 1. The highest BCUT2D eigenvalue weighted by atomic mass is 16.5. The van der Waals surface area contributed by atoms with Crippen LogP contribution < -0.4 is 4.74 Å². The van der Waals surface area contributed by atoms with Crippen LogP contribution in [-0.4, -0.2) is 25.0 Å². The Kier molecular flexibility index (Phi) is 6.30. The molecule has 0 unspecified atom stereocenters. The van der Waals surface area contributed by atoms with Gasteiger partial charge in [0.1, 0.15) is 11.7 Å². The van der Waals surface area contributed by atoms with Crippen LogP contribution >= 0.6 is 0 Å². The van der Waals surface area contributed by atoms with Crippen molar-refractivity contribution in [1.29, 1.82) is 0 Å². The van der Waals surface area contributed by atoms with Gasteiger partial charge in [0.25, 0.3) is 0 Å². The first-order valence-electron chi connectivity index (χ1n) is 9.75. The number of ether oxygens (including phenoxy) is 2. The molecular weight excluding hydrogens is 352 g/mol. The molecule has 0 heterocycles. The maximum atomic E-state index is 13.0. The third kappa shape index (κ3) is 4.16. The van der Waals surface area contributed by atoms with Gasteiger partial charge in [-0.2, -0.15) is 0 Å². The molecule has 1 aliphatic carbocycles. The number of hydrogen-bond donors (Lipinski definition) is 0. The van der Waals surface area contributed by atoms with Gasteiger partial charge in [-0.1, -0.05) is 48.0 Å². The molecule has 4 heteroatoms. The fraction of sp³-hybridized carbons (Fsp3) is 0.333. The fourth-order valence-corrected chi connectivity index (χ4v) is 3.80. The predicted octanol–water partition coefficient (Wildman–Crippen LogP) is 4.71. The van der Waals surface area contributed by atoms with Crippen LogP contribution in [0.1, 0.15) is 42.9 Å². The standard InChI is InChI=1S/C24H26O4/c1-4-27-22-12-7-6-11-19(22)20-14-18(17-10-8-9-16(3)13-17)15-21(25)23(20)24(26)28-5-2/h6-13,15,20,23H,4-5,14H2,1-3H3/t20-,23-/m1/s1. The van der Waals surface area contributed by atoms with Gasteiger partial charge in [0.05, 0.1) is 13.2 Å². The van der Waals surface area contributed by atoms with E-state index in [4.69, 9.17) is 9.47 Å². The van der Waals surface area contributed by atoms with E-state index in [1.165, 1.54) is 0 Å². The maximum Gasteiger partial charge on any atom is 0.317 e. The van der Waals surface area contributed by atoms with Crippen molar-refractivity contribution in [1.82, 2.24) is 0 Å². The molecule has 1 aliphatic rings. The molecule has 2 aromatic carbocycles. The lowest BCUT2D eigenvalue weighted by atomic mass is 9.73. The number of hydrogen-bond acceptors (Lipinski definition) is 4. The van der Waals surface area contributed by atoms with E-state index in [-0.39, 0.29) is 18.3 Å². The lowest BCUT2D eigenvalue weighted by Gasteiger charge is -2.30. The van der Waals surface area contributed by atoms with Crippen molar-refractivity contribution in [2.45, 2.75) is 33.1 Å². The third-order valence-corrected chi connectivity index (χ3v) is 5.01. The van der Waals surface area contributed by atoms with E-state index >= 15 is 0 Å². The van der Waals surface area contributed by atoms with E-state index in [2.05, 4.69) is 6.07 Å². The van der Waals surface area contributed by atoms with Gasteiger partial charge < -0.3 is 9.47 Å². The molecule has 28 heavy (non-hydrogen) atoms. The summed E-state index contributed by atoms with van der Waals surface area (Å²) >= 11 is 0. The minimum absolute atomic E-state index is 0.211. The number of allylic oxidation sites excluding steroid dienone is 2. The van der Waals surface area contributed by atoms with Crippen LogP contribution in [0.15, 0.2) is 54.6 Å². The second-order valence-corrected chi connectivity index (χ2v) is 6.95. The van der Waals surface area contributed by atoms with Gasteiger partial charge in [-0.25, -0.2) is 0 Å². The zero-order chi connectivity index (χ0) is 20.1. The lowest BCUT2D eigenvalue weighted by Crippen LogP contribution is -2.34. The van der Waals surface area contributed by atoms with E-state index in [0.717, 1.165) is 22.3 Å². The molecule has 0 N–H and O–H groups in total. The highest BCUT2D eigenvalue weighted by Gasteiger charge is 2.40. The molecule has 146 valence electrons. The van der Waals surface area contributed by atoms with Gasteiger partial charge in [-0.05, 0) is 56.0 Å². The molecule has 0 aromatic heterocycles. The van der Waals surface area contributed by atoms with Crippen LogP contribution in [0.4, 0.5) is 0 Å². The minimum Gasteiger partial charge on any atom is -0.494 e. The number of carbonyl (C=O) groups is 2. The zero-order valence-corrected chi connectivity index (χ0v) is 16.6. The first-order chi connectivity index (χ1) is 13.5. The number of benzene rings is 2. The first kappa shape index (κ1) is 19.9. The molecule has 0 radical (unpaired) electrons. The van der Waals surface area contributed by atoms with Gasteiger partial charge in [0, 0.05) is 5.92 Å². The van der Waals surface area contributed by atoms with E-state index in [0.29, 0.717) is 18.8 Å². The first-order valence-corrected chi connectivity index (χ1v) is 9.75. The summed E-state index contributed by atoms with van der Waals surface area (Å²) in [6.45, 7) is 6.46. The average Bonchev–Trinajstić information content (AvgIpc) is 2.68. The molecule has 2 aromatic rings. The zero-order valence-electron chi connectivity index (χ0n) is 16.6. The van der Waals surface area contributed by atoms with Crippen LogP contribution in [0, 0.1) is 12.8 Å². The van der Waals surface area contributed by atoms with Crippen molar-refractivity contribution in [2.75, 3.05) is 13.2 Å². The minimum atomic E-state index is -0.852. The predicted molar refractivity (Wildman–Crippen MR) is 109 cm³/mol. The Morgan fingerprint density at radius 1 is 1.07 bits per heavy atom. The number of para-hydroxylation sites is 1. The van der Waals surface area contributed by atoms with Crippen molar-refractivity contribution in [3.05, 3.63) is 71.3 Å². The molecule has 0 fully saturated rings. The lowest BCUT2D eigenvalue weighted by molar-refractivity contribution is -0.151. The quantitative estimate of drug-likeness (QED) is 0.539. The van der Waals surface area contributed by atoms with E-state index in [1.807, 2.05) is 56.3 Å². The van der Waals surface area contributed by atoms with Gasteiger partial charge in [-0.3, -0.25) is 9.59 Å². The van der Waals surface area contributed by atoms with E-state index in [1.54, 1.807) is 13.0 Å². The van der Waals surface area contributed by atoms with Crippen molar-refractivity contribution in [2.24, 2.45) is 5.92 Å². The number of carbonyl (C=O) groups excluding carboxylic acids is 2. The Morgan fingerprint density at radius 3 is 2.57 bits per heavy atom. The summed E-state index contributed by atoms with van der Waals surface area (Å²) in [6.07, 6.45) is 2.18. The highest BCUT2D eigenvalue weighted by molar-refractivity contribution is 6.10. The number of esters is 1. The van der Waals surface area contributed by atoms with Gasteiger partial charge in [0.2, 0.25) is 0 Å². The molecule has 0 saturated heterocycles. The smallest absolute Gasteiger partial charge is 0.317 e. The fourth-order valence-electron chi connectivity index (χ4n) is 3.80. The summed E-state index contributed by atoms with van der Waals surface area (Å²) in [5, 5.41) is 0. The van der Waals surface area contributed by atoms with Crippen LogP contribution in [-0.2, 0) is 14.3 Å². The van der Waals surface area contributed by atoms with Gasteiger partial charge in [-0.15, -0.1) is 0 Å². The number of rotatable bonds is 6. The van der Waals surface area contributed by atoms with Crippen LogP contribution in [0.5, 0.6) is 5.75 Å². The Morgan fingerprint density at radius 2 is 1.86 bits per heavy atom. The second-order valence-electron chi connectivity index (χ2n) is 6.95. The largest absolute Gasteiger partial charge is 0.494 e. The van der Waals surface area contributed by atoms with Crippen molar-refractivity contribution >= 4 is 17.3 Å². The number of aryl methyl sites for hydroxylation is 1. The van der Waals surface area contributed by atoms with Gasteiger partial charge >= 0.3 is 5.97 Å². The van der Waals surface area contributed by atoms with E-state index in [9.17, 15) is 9.59 Å². The van der Waals surface area contributed by atoms with Crippen LogP contribution in [0.2, 0.25) is 0 Å². The van der Waals surface area contributed by atoms with Crippen LogP contribution in [0.3, 0.4) is 0 Å². The van der Waals surface area contributed by atoms with Crippen LogP contribution in [0.25, 0.3) is 5.57 Å². The Labute approximate surface area is 166 Å². The molecule has 0 saturated carbocycles. The van der Waals surface area contributed by atoms with E-state index < -0.39 is 11.9 Å². The summed E-state index contributed by atoms with van der Waals surface area (Å²) in [4.78, 5) is 25.7. The van der Waals surface area contributed by atoms with Crippen molar-refractivity contribution in [3.63, 3.8) is 0 Å². The van der Waals surface area contributed by atoms with Gasteiger partial charge in [0.15, 0.2) is 5.78 Å². The van der Waals surface area contributed by atoms with Crippen molar-refractivity contribution in [3.8, 4) is 5.75 Å². The third-order valence-electron chi connectivity index (χ3n) is 5.01. The van der Waals surface area contributed by atoms with Crippen molar-refractivity contribution < 1.29 is 19.1 Å². The molecule has 0 amide bonds. The Balaban J connectivity index is 2.07. The SMILES string of the molecule is CCOC(=O)[C@H]1C(=O)C=C(c2cccc(C)c2)C[C@@H]1c1ccccc1OCC. The highest BCUT2D eigenvalue weighted by Crippen LogP contribution is 2.43. The average molecular weight is 378 g/mol. The Bertz CT molecular complexity index is 897. The Hall–Kier alpha value is -2.88. The summed E-state index contributed by atoms with van der Waals surface area (Å²) in [5.41, 5.74) is 3.94. The molecule has 4 nitrogen and oxygen atoms in total. The topological polar surface area (TPSA) is 52.6 Å². The molecular formula is C24H26O4. The summed E-state index contributed by atoms with van der Waals surface area (Å²) < 4.78 is 11.0. The normalized spacial score (nSPS) is 19.1. The summed E-state index contributed by atoms with van der Waals surface area (Å²) in [5.74, 6) is -1.15. The summed E-state index contributed by atoms with van der Waals surface area (Å²) in [6, 6.07) is 15.7. The monoisotopic (exact) mass is 378 g/mol.